The minimum Gasteiger partial charge on any atom is -0.353 e. The molecule has 114 valence electrons. The van der Waals surface area contributed by atoms with E-state index in [0.717, 1.165) is 12.8 Å². The third-order valence-corrected chi connectivity index (χ3v) is 5.45. The summed E-state index contributed by atoms with van der Waals surface area (Å²) in [5.41, 5.74) is 1.55. The summed E-state index contributed by atoms with van der Waals surface area (Å²) < 4.78 is 0. The summed E-state index contributed by atoms with van der Waals surface area (Å²) in [5, 5.41) is 3.28. The van der Waals surface area contributed by atoms with Gasteiger partial charge in [0.25, 0.3) is 0 Å². The normalized spacial score (nSPS) is 26.2. The summed E-state index contributed by atoms with van der Waals surface area (Å²) >= 11 is 0. The third kappa shape index (κ3) is 2.69. The molecule has 0 aliphatic heterocycles. The van der Waals surface area contributed by atoms with Crippen molar-refractivity contribution >= 4 is 5.91 Å². The average Bonchev–Trinajstić information content (AvgIpc) is 2.39. The maximum Gasteiger partial charge on any atom is 0.220 e. The molecule has 4 nitrogen and oxygen atoms in total. The van der Waals surface area contributed by atoms with Crippen LogP contribution < -0.4 is 5.32 Å². The van der Waals surface area contributed by atoms with Gasteiger partial charge in [-0.15, -0.1) is 0 Å². The average molecular weight is 287 g/mol. The lowest BCUT2D eigenvalue weighted by Gasteiger charge is -2.63. The molecule has 2 aliphatic carbocycles. The molecular formula is C17H25N3O. The van der Waals surface area contributed by atoms with E-state index in [1.807, 2.05) is 12.1 Å². The van der Waals surface area contributed by atoms with Gasteiger partial charge >= 0.3 is 0 Å². The molecule has 3 rings (SSSR count). The molecule has 1 amide bonds. The van der Waals surface area contributed by atoms with Crippen LogP contribution in [0.4, 0.5) is 0 Å². The fraction of sp³-hybridized carbons (Fsp3) is 0.647. The van der Waals surface area contributed by atoms with Gasteiger partial charge in [-0.25, -0.2) is 0 Å². The number of hydrogen-bond donors (Lipinski definition) is 1. The number of pyridine rings is 1. The van der Waals surface area contributed by atoms with Gasteiger partial charge in [-0.3, -0.25) is 9.78 Å². The second-order valence-electron chi connectivity index (χ2n) is 6.78. The Morgan fingerprint density at radius 1 is 1.38 bits per heavy atom. The zero-order valence-corrected chi connectivity index (χ0v) is 13.0. The lowest BCUT2D eigenvalue weighted by molar-refractivity contribution is -0.134. The second kappa shape index (κ2) is 5.76. The van der Waals surface area contributed by atoms with Crippen molar-refractivity contribution in [1.29, 1.82) is 0 Å². The number of amides is 1. The van der Waals surface area contributed by atoms with Crippen molar-refractivity contribution in [2.45, 2.75) is 50.6 Å². The topological polar surface area (TPSA) is 45.2 Å². The minimum absolute atomic E-state index is 0.195. The van der Waals surface area contributed by atoms with E-state index in [1.54, 1.807) is 12.4 Å². The molecule has 4 heteroatoms. The van der Waals surface area contributed by atoms with Crippen molar-refractivity contribution in [3.8, 4) is 0 Å². The Morgan fingerprint density at radius 2 is 2.10 bits per heavy atom. The van der Waals surface area contributed by atoms with Crippen molar-refractivity contribution < 1.29 is 4.79 Å². The first-order valence-corrected chi connectivity index (χ1v) is 7.96. The van der Waals surface area contributed by atoms with Crippen LogP contribution in [0.2, 0.25) is 0 Å². The number of nitrogens with one attached hydrogen (secondary N) is 1. The molecule has 2 unspecified atom stereocenters. The fourth-order valence-electron chi connectivity index (χ4n) is 4.03. The van der Waals surface area contributed by atoms with Gasteiger partial charge in [0.2, 0.25) is 5.91 Å². The zero-order valence-electron chi connectivity index (χ0n) is 13.0. The van der Waals surface area contributed by atoms with Crippen LogP contribution in [0, 0.1) is 5.41 Å². The van der Waals surface area contributed by atoms with Crippen LogP contribution in [0.15, 0.2) is 24.5 Å². The summed E-state index contributed by atoms with van der Waals surface area (Å²) in [6.45, 7) is 0. The highest BCUT2D eigenvalue weighted by Gasteiger charge is 2.59. The van der Waals surface area contributed by atoms with E-state index in [1.165, 1.54) is 24.8 Å². The largest absolute Gasteiger partial charge is 0.353 e. The van der Waals surface area contributed by atoms with Crippen molar-refractivity contribution in [3.05, 3.63) is 30.1 Å². The molecule has 2 atom stereocenters. The van der Waals surface area contributed by atoms with Gasteiger partial charge in [0.15, 0.2) is 0 Å². The van der Waals surface area contributed by atoms with E-state index < -0.39 is 0 Å². The van der Waals surface area contributed by atoms with Gasteiger partial charge in [0.05, 0.1) is 0 Å². The Hall–Kier alpha value is -1.42. The number of aromatic nitrogens is 1. The highest BCUT2D eigenvalue weighted by molar-refractivity contribution is 5.76. The predicted octanol–water partition coefficient (Wildman–Crippen LogP) is 2.00. The molecule has 21 heavy (non-hydrogen) atoms. The molecular weight excluding hydrogens is 262 g/mol. The summed E-state index contributed by atoms with van der Waals surface area (Å²) in [4.78, 5) is 18.5. The number of carbonyl (C=O) groups excluding carboxylic acids is 1. The first kappa shape index (κ1) is 14.5. The van der Waals surface area contributed by atoms with Crippen molar-refractivity contribution in [1.82, 2.24) is 15.2 Å². The lowest BCUT2D eigenvalue weighted by atomic mass is 9.49. The van der Waals surface area contributed by atoms with Crippen LogP contribution in [-0.2, 0) is 11.2 Å². The van der Waals surface area contributed by atoms with Crippen molar-refractivity contribution in [2.75, 3.05) is 14.1 Å². The second-order valence-corrected chi connectivity index (χ2v) is 6.78. The van der Waals surface area contributed by atoms with Crippen molar-refractivity contribution in [2.24, 2.45) is 5.41 Å². The van der Waals surface area contributed by atoms with Crippen molar-refractivity contribution in [3.63, 3.8) is 0 Å². The SMILES string of the molecule is CN(C)C1CC(NC(=O)CCc2ccncc2)C12CCC2. The monoisotopic (exact) mass is 287 g/mol. The van der Waals surface area contributed by atoms with E-state index >= 15 is 0 Å². The first-order valence-electron chi connectivity index (χ1n) is 7.96. The Bertz CT molecular complexity index is 496. The summed E-state index contributed by atoms with van der Waals surface area (Å²) in [6.07, 6.45) is 9.89. The van der Waals surface area contributed by atoms with E-state index in [2.05, 4.69) is 29.3 Å². The predicted molar refractivity (Wildman–Crippen MR) is 82.9 cm³/mol. The van der Waals surface area contributed by atoms with Crippen LogP contribution in [-0.4, -0.2) is 42.0 Å². The van der Waals surface area contributed by atoms with E-state index in [9.17, 15) is 4.79 Å². The molecule has 1 spiro atoms. The smallest absolute Gasteiger partial charge is 0.220 e. The number of nitrogens with zero attached hydrogens (tertiary/aromatic N) is 2. The molecule has 2 fully saturated rings. The van der Waals surface area contributed by atoms with Gasteiger partial charge < -0.3 is 10.2 Å². The van der Waals surface area contributed by atoms with Gasteiger partial charge in [-0.05, 0) is 57.5 Å². The Labute approximate surface area is 126 Å². The quantitative estimate of drug-likeness (QED) is 0.901. The molecule has 0 aromatic carbocycles. The molecule has 1 heterocycles. The summed E-state index contributed by atoms with van der Waals surface area (Å²) in [5.74, 6) is 0.195. The molecule has 2 aliphatic rings. The molecule has 1 aromatic heterocycles. The van der Waals surface area contributed by atoms with Crippen LogP contribution in [0.25, 0.3) is 0 Å². The van der Waals surface area contributed by atoms with E-state index in [0.29, 0.717) is 23.9 Å². The van der Waals surface area contributed by atoms with Gasteiger partial charge in [0.1, 0.15) is 0 Å². The van der Waals surface area contributed by atoms with E-state index in [4.69, 9.17) is 0 Å². The van der Waals surface area contributed by atoms with Crippen LogP contribution in [0.3, 0.4) is 0 Å². The third-order valence-electron chi connectivity index (χ3n) is 5.45. The van der Waals surface area contributed by atoms with Crippen LogP contribution >= 0.6 is 0 Å². The highest BCUT2D eigenvalue weighted by atomic mass is 16.1. The van der Waals surface area contributed by atoms with Crippen LogP contribution in [0.5, 0.6) is 0 Å². The minimum atomic E-state index is 0.195. The van der Waals surface area contributed by atoms with Gasteiger partial charge in [-0.1, -0.05) is 6.42 Å². The number of rotatable bonds is 5. The highest BCUT2D eigenvalue weighted by Crippen LogP contribution is 2.57. The molecule has 0 bridgehead atoms. The number of aryl methyl sites for hydroxylation is 1. The fourth-order valence-corrected chi connectivity index (χ4v) is 4.03. The maximum atomic E-state index is 12.2. The lowest BCUT2D eigenvalue weighted by Crippen LogP contribution is -2.70. The summed E-state index contributed by atoms with van der Waals surface area (Å²) in [7, 11) is 4.32. The van der Waals surface area contributed by atoms with Gasteiger partial charge in [-0.2, -0.15) is 0 Å². The zero-order chi connectivity index (χ0) is 14.9. The molecule has 0 radical (unpaired) electrons. The molecule has 1 aromatic rings. The van der Waals surface area contributed by atoms with Gasteiger partial charge in [0, 0.05) is 36.3 Å². The molecule has 0 saturated heterocycles. The summed E-state index contributed by atoms with van der Waals surface area (Å²) in [6, 6.07) is 5.00. The Balaban J connectivity index is 1.50. The maximum absolute atomic E-state index is 12.2. The van der Waals surface area contributed by atoms with E-state index in [-0.39, 0.29) is 5.91 Å². The first-order chi connectivity index (χ1) is 10.1. The Kier molecular flexibility index (Phi) is 3.98. The molecule has 2 saturated carbocycles. The number of carbonyl (C=O) groups is 1. The standard InChI is InChI=1S/C17H25N3O/c1-20(2)15-12-14(17(15)8-3-9-17)19-16(21)5-4-13-6-10-18-11-7-13/h6-7,10-11,14-15H,3-5,8-9,12H2,1-2H3,(H,19,21). The van der Waals surface area contributed by atoms with Crippen LogP contribution in [0.1, 0.15) is 37.7 Å². The Morgan fingerprint density at radius 3 is 2.67 bits per heavy atom. The number of hydrogen-bond acceptors (Lipinski definition) is 3. The molecule has 1 N–H and O–H groups in total.